The van der Waals surface area contributed by atoms with Gasteiger partial charge in [-0.25, -0.2) is 8.42 Å². The minimum Gasteiger partial charge on any atom is -0.497 e. The predicted octanol–water partition coefficient (Wildman–Crippen LogP) is 4.04. The number of nitrogens with zero attached hydrogens (tertiary/aromatic N) is 1. The number of carbonyl (C=O) groups is 1. The Balaban J connectivity index is 1.99. The standard InChI is InChI=1S/C22H26N2O6S/c1-6-24(7-2)31(26,27)16-9-11-20(29-5)18(13-16)23-22(25)21-14(3)17-12-15(28-4)8-10-19(17)30-21/h8-13H,6-7H2,1-5H3,(H,23,25). The number of benzene rings is 2. The average molecular weight is 447 g/mol. The molecule has 31 heavy (non-hydrogen) atoms. The van der Waals surface area contributed by atoms with E-state index in [-0.39, 0.29) is 16.3 Å². The zero-order valence-electron chi connectivity index (χ0n) is 18.2. The van der Waals surface area contributed by atoms with Gasteiger partial charge in [-0.05, 0) is 43.3 Å². The van der Waals surface area contributed by atoms with Crippen molar-refractivity contribution in [2.75, 3.05) is 32.6 Å². The van der Waals surface area contributed by atoms with Crippen LogP contribution in [0.25, 0.3) is 11.0 Å². The summed E-state index contributed by atoms with van der Waals surface area (Å²) in [5.74, 6) is 0.604. The van der Waals surface area contributed by atoms with Crippen molar-refractivity contribution < 1.29 is 27.1 Å². The first kappa shape index (κ1) is 22.6. The second kappa shape index (κ2) is 8.99. The Morgan fingerprint density at radius 2 is 1.77 bits per heavy atom. The summed E-state index contributed by atoms with van der Waals surface area (Å²) in [5.41, 5.74) is 1.43. The normalized spacial score (nSPS) is 11.7. The van der Waals surface area contributed by atoms with E-state index < -0.39 is 15.9 Å². The largest absolute Gasteiger partial charge is 0.497 e. The molecule has 0 fully saturated rings. The Hall–Kier alpha value is -3.04. The van der Waals surface area contributed by atoms with Crippen LogP contribution >= 0.6 is 0 Å². The van der Waals surface area contributed by atoms with Gasteiger partial charge in [0, 0.05) is 24.0 Å². The first-order valence-corrected chi connectivity index (χ1v) is 11.3. The smallest absolute Gasteiger partial charge is 0.291 e. The summed E-state index contributed by atoms with van der Waals surface area (Å²) in [6.07, 6.45) is 0. The molecule has 3 aromatic rings. The summed E-state index contributed by atoms with van der Waals surface area (Å²) >= 11 is 0. The van der Waals surface area contributed by atoms with E-state index in [4.69, 9.17) is 13.9 Å². The van der Waals surface area contributed by atoms with Crippen LogP contribution < -0.4 is 14.8 Å². The van der Waals surface area contributed by atoms with Crippen LogP contribution in [-0.2, 0) is 10.0 Å². The molecule has 0 aliphatic rings. The van der Waals surface area contributed by atoms with Crippen molar-refractivity contribution in [3.8, 4) is 11.5 Å². The lowest BCUT2D eigenvalue weighted by atomic mass is 10.1. The maximum absolute atomic E-state index is 13.0. The second-order valence-corrected chi connectivity index (χ2v) is 8.76. The fourth-order valence-corrected chi connectivity index (χ4v) is 4.87. The number of furan rings is 1. The first-order chi connectivity index (χ1) is 14.8. The highest BCUT2D eigenvalue weighted by atomic mass is 32.2. The maximum atomic E-state index is 13.0. The molecule has 0 bridgehead atoms. The van der Waals surface area contributed by atoms with E-state index in [2.05, 4.69) is 5.32 Å². The van der Waals surface area contributed by atoms with Gasteiger partial charge in [0.25, 0.3) is 5.91 Å². The average Bonchev–Trinajstić information content (AvgIpc) is 3.10. The Labute approximate surface area is 181 Å². The summed E-state index contributed by atoms with van der Waals surface area (Å²) in [4.78, 5) is 13.1. The van der Waals surface area contributed by atoms with Crippen molar-refractivity contribution in [1.82, 2.24) is 4.31 Å². The number of fused-ring (bicyclic) bond motifs is 1. The Morgan fingerprint density at radius 3 is 2.39 bits per heavy atom. The van der Waals surface area contributed by atoms with Gasteiger partial charge < -0.3 is 19.2 Å². The quantitative estimate of drug-likeness (QED) is 0.561. The molecule has 1 heterocycles. The fraction of sp³-hybridized carbons (Fsp3) is 0.318. The molecule has 1 amide bonds. The number of nitrogens with one attached hydrogen (secondary N) is 1. The van der Waals surface area contributed by atoms with E-state index >= 15 is 0 Å². The molecule has 166 valence electrons. The molecule has 0 saturated heterocycles. The van der Waals surface area contributed by atoms with Crippen LogP contribution in [0.2, 0.25) is 0 Å². The van der Waals surface area contributed by atoms with Gasteiger partial charge in [0.2, 0.25) is 10.0 Å². The SMILES string of the molecule is CCN(CC)S(=O)(=O)c1ccc(OC)c(NC(=O)c2oc3ccc(OC)cc3c2C)c1. The van der Waals surface area contributed by atoms with E-state index in [0.717, 1.165) is 5.39 Å². The second-order valence-electron chi connectivity index (χ2n) is 6.82. The number of ether oxygens (including phenoxy) is 2. The van der Waals surface area contributed by atoms with Crippen molar-refractivity contribution in [3.63, 3.8) is 0 Å². The van der Waals surface area contributed by atoms with E-state index in [1.54, 1.807) is 46.1 Å². The van der Waals surface area contributed by atoms with Gasteiger partial charge in [-0.3, -0.25) is 4.79 Å². The third kappa shape index (κ3) is 4.24. The zero-order chi connectivity index (χ0) is 22.8. The monoisotopic (exact) mass is 446 g/mol. The summed E-state index contributed by atoms with van der Waals surface area (Å²) in [6.45, 7) is 6.00. The third-order valence-corrected chi connectivity index (χ3v) is 7.16. The van der Waals surface area contributed by atoms with Crippen LogP contribution in [0.5, 0.6) is 11.5 Å². The highest BCUT2D eigenvalue weighted by molar-refractivity contribution is 7.89. The first-order valence-electron chi connectivity index (χ1n) is 9.83. The molecule has 9 heteroatoms. The number of methoxy groups -OCH3 is 2. The van der Waals surface area contributed by atoms with E-state index in [1.165, 1.54) is 29.6 Å². The Morgan fingerprint density at radius 1 is 1.06 bits per heavy atom. The van der Waals surface area contributed by atoms with Crippen molar-refractivity contribution in [2.24, 2.45) is 0 Å². The van der Waals surface area contributed by atoms with Gasteiger partial charge in [-0.15, -0.1) is 0 Å². The van der Waals surface area contributed by atoms with Crippen molar-refractivity contribution in [2.45, 2.75) is 25.7 Å². The zero-order valence-corrected chi connectivity index (χ0v) is 19.0. The van der Waals surface area contributed by atoms with Gasteiger partial charge in [0.15, 0.2) is 5.76 Å². The van der Waals surface area contributed by atoms with Gasteiger partial charge in [0.05, 0.1) is 24.8 Å². The minimum atomic E-state index is -3.70. The molecule has 8 nitrogen and oxygen atoms in total. The molecule has 0 spiro atoms. The number of rotatable bonds is 8. The van der Waals surface area contributed by atoms with Gasteiger partial charge in [-0.2, -0.15) is 4.31 Å². The lowest BCUT2D eigenvalue weighted by Crippen LogP contribution is -2.30. The molecule has 0 atom stereocenters. The van der Waals surface area contributed by atoms with Gasteiger partial charge in [0.1, 0.15) is 17.1 Å². The molecule has 1 aromatic heterocycles. The molecule has 0 aliphatic carbocycles. The third-order valence-electron chi connectivity index (χ3n) is 5.11. The van der Waals surface area contributed by atoms with Crippen LogP contribution in [0.1, 0.15) is 30.0 Å². The molecular weight excluding hydrogens is 420 g/mol. The molecule has 0 saturated carbocycles. The van der Waals surface area contributed by atoms with Crippen LogP contribution in [0, 0.1) is 6.92 Å². The van der Waals surface area contributed by atoms with Crippen molar-refractivity contribution in [3.05, 3.63) is 47.7 Å². The number of carbonyl (C=O) groups excluding carboxylic acids is 1. The number of hydrogen-bond acceptors (Lipinski definition) is 6. The number of anilines is 1. The maximum Gasteiger partial charge on any atom is 0.291 e. The molecule has 3 rings (SSSR count). The number of sulfonamides is 1. The van der Waals surface area contributed by atoms with Crippen LogP contribution in [0.15, 0.2) is 45.7 Å². The topological polar surface area (TPSA) is 98.1 Å². The van der Waals surface area contributed by atoms with Crippen molar-refractivity contribution in [1.29, 1.82) is 0 Å². The number of hydrogen-bond donors (Lipinski definition) is 1. The number of aryl methyl sites for hydroxylation is 1. The molecule has 0 aliphatic heterocycles. The van der Waals surface area contributed by atoms with E-state index in [9.17, 15) is 13.2 Å². The Bertz CT molecular complexity index is 1210. The summed E-state index contributed by atoms with van der Waals surface area (Å²) in [5, 5.41) is 3.48. The van der Waals surface area contributed by atoms with Crippen molar-refractivity contribution >= 4 is 32.6 Å². The Kier molecular flexibility index (Phi) is 6.56. The lowest BCUT2D eigenvalue weighted by Gasteiger charge is -2.19. The number of amides is 1. The highest BCUT2D eigenvalue weighted by Gasteiger charge is 2.24. The highest BCUT2D eigenvalue weighted by Crippen LogP contribution is 2.32. The molecule has 0 radical (unpaired) electrons. The van der Waals surface area contributed by atoms with E-state index in [0.29, 0.717) is 35.7 Å². The lowest BCUT2D eigenvalue weighted by molar-refractivity contribution is 0.0997. The van der Waals surface area contributed by atoms with Gasteiger partial charge >= 0.3 is 0 Å². The molecule has 1 N–H and O–H groups in total. The van der Waals surface area contributed by atoms with Crippen LogP contribution in [0.4, 0.5) is 5.69 Å². The molecule has 2 aromatic carbocycles. The molecular formula is C22H26N2O6S. The summed E-state index contributed by atoms with van der Waals surface area (Å²) < 4.78 is 43.4. The van der Waals surface area contributed by atoms with Crippen LogP contribution in [0.3, 0.4) is 0 Å². The predicted molar refractivity (Wildman–Crippen MR) is 119 cm³/mol. The molecule has 0 unspecified atom stereocenters. The van der Waals surface area contributed by atoms with Gasteiger partial charge in [-0.1, -0.05) is 13.8 Å². The summed E-state index contributed by atoms with van der Waals surface area (Å²) in [7, 11) is -0.684. The summed E-state index contributed by atoms with van der Waals surface area (Å²) in [6, 6.07) is 9.64. The van der Waals surface area contributed by atoms with Crippen LogP contribution in [-0.4, -0.2) is 45.9 Å². The fourth-order valence-electron chi connectivity index (χ4n) is 3.38. The minimum absolute atomic E-state index is 0.0679. The van der Waals surface area contributed by atoms with E-state index in [1.807, 2.05) is 0 Å².